The monoisotopic (exact) mass is 500 g/mol. The summed E-state index contributed by atoms with van der Waals surface area (Å²) in [5.74, 6) is -2.88. The van der Waals surface area contributed by atoms with Crippen LogP contribution in [-0.2, 0) is 20.9 Å². The van der Waals surface area contributed by atoms with E-state index in [1.807, 2.05) is 0 Å². The van der Waals surface area contributed by atoms with Crippen molar-refractivity contribution in [3.63, 3.8) is 0 Å². The minimum absolute atomic E-state index is 0.0139. The van der Waals surface area contributed by atoms with Crippen molar-refractivity contribution in [2.75, 3.05) is 30.3 Å². The van der Waals surface area contributed by atoms with Crippen LogP contribution in [-0.4, -0.2) is 42.2 Å². The molecule has 11 heteroatoms. The number of fused-ring (bicyclic) bond motifs is 1. The highest BCUT2D eigenvalue weighted by Gasteiger charge is 2.25. The number of nitrogens with two attached hydrogens (primary N) is 2. The van der Waals surface area contributed by atoms with Gasteiger partial charge in [0.15, 0.2) is 0 Å². The first kappa shape index (κ1) is 25.1. The highest BCUT2D eigenvalue weighted by Crippen LogP contribution is 2.31. The highest BCUT2D eigenvalue weighted by molar-refractivity contribution is 5.95. The minimum Gasteiger partial charge on any atom is -0.462 e. The summed E-state index contributed by atoms with van der Waals surface area (Å²) < 4.78 is 41.1. The number of anilines is 2. The summed E-state index contributed by atoms with van der Waals surface area (Å²) in [5, 5.41) is -0.0911. The van der Waals surface area contributed by atoms with E-state index in [9.17, 15) is 18.8 Å². The van der Waals surface area contributed by atoms with E-state index < -0.39 is 29.0 Å². The molecule has 0 amide bonds. The number of halogens is 2. The van der Waals surface area contributed by atoms with Gasteiger partial charge in [0.25, 0.3) is 0 Å². The van der Waals surface area contributed by atoms with Gasteiger partial charge in [0.1, 0.15) is 23.8 Å². The van der Waals surface area contributed by atoms with Crippen molar-refractivity contribution in [2.45, 2.75) is 32.9 Å². The lowest BCUT2D eigenvalue weighted by atomic mass is 10.1. The average Bonchev–Trinajstić information content (AvgIpc) is 3.26. The molecule has 4 rings (SSSR count). The van der Waals surface area contributed by atoms with Crippen LogP contribution < -0.4 is 21.8 Å². The molecular formula is C25H26F2N4O5. The number of esters is 2. The van der Waals surface area contributed by atoms with E-state index in [2.05, 4.69) is 0 Å². The maximum absolute atomic E-state index is 15.2. The fourth-order valence-corrected chi connectivity index (χ4v) is 4.27. The molecule has 1 aliphatic heterocycles. The molecule has 0 radical (unpaired) electrons. The minimum atomic E-state index is -0.898. The Kier molecular flexibility index (Phi) is 6.93. The number of ether oxygens (including phenoxy) is 2. The number of nitrogens with zero attached hydrogens (tertiary/aromatic N) is 2. The maximum atomic E-state index is 15.2. The molecule has 190 valence electrons. The van der Waals surface area contributed by atoms with Crippen LogP contribution in [0.4, 0.5) is 20.2 Å². The zero-order chi connectivity index (χ0) is 26.1. The predicted octanol–water partition coefficient (Wildman–Crippen LogP) is 2.63. The molecule has 2 heterocycles. The zero-order valence-corrected chi connectivity index (χ0v) is 19.8. The van der Waals surface area contributed by atoms with E-state index in [0.717, 1.165) is 12.1 Å². The van der Waals surface area contributed by atoms with Crippen LogP contribution in [0.3, 0.4) is 0 Å². The molecule has 2 aromatic carbocycles. The van der Waals surface area contributed by atoms with Crippen molar-refractivity contribution in [2.24, 2.45) is 5.73 Å². The van der Waals surface area contributed by atoms with Crippen LogP contribution in [0.25, 0.3) is 16.6 Å². The van der Waals surface area contributed by atoms with Gasteiger partial charge in [-0.2, -0.15) is 0 Å². The van der Waals surface area contributed by atoms with Crippen LogP contribution in [0, 0.1) is 11.6 Å². The van der Waals surface area contributed by atoms with Crippen LogP contribution in [0.5, 0.6) is 0 Å². The smallest absolute Gasteiger partial charge is 0.343 e. The molecular weight excluding hydrogens is 474 g/mol. The van der Waals surface area contributed by atoms with Crippen LogP contribution >= 0.6 is 0 Å². The van der Waals surface area contributed by atoms with Gasteiger partial charge in [-0.15, -0.1) is 0 Å². The average molecular weight is 501 g/mol. The van der Waals surface area contributed by atoms with Crippen molar-refractivity contribution in [3.05, 3.63) is 63.4 Å². The second-order valence-corrected chi connectivity index (χ2v) is 8.56. The SMILES string of the molecule is CCOC(=O)c1cn(-c2cc(N)c(F)cc2COC(C)=O)c2cc(N3CCC(N)C3)c(F)cc2c1=O. The molecule has 0 aliphatic carbocycles. The molecule has 36 heavy (non-hydrogen) atoms. The molecule has 0 spiro atoms. The van der Waals surface area contributed by atoms with Crippen molar-refractivity contribution in [1.82, 2.24) is 4.57 Å². The molecule has 0 bridgehead atoms. The maximum Gasteiger partial charge on any atom is 0.343 e. The van der Waals surface area contributed by atoms with Crippen molar-refractivity contribution in [3.8, 4) is 5.69 Å². The molecule has 1 atom stereocenters. The van der Waals surface area contributed by atoms with Gasteiger partial charge in [0.05, 0.1) is 29.2 Å². The van der Waals surface area contributed by atoms with Gasteiger partial charge < -0.3 is 30.4 Å². The molecule has 1 aromatic heterocycles. The van der Waals surface area contributed by atoms with E-state index in [-0.39, 0.29) is 58.3 Å². The summed E-state index contributed by atoms with van der Waals surface area (Å²) in [4.78, 5) is 39.0. The Labute approximate surface area is 205 Å². The Morgan fingerprint density at radius 3 is 2.50 bits per heavy atom. The lowest BCUT2D eigenvalue weighted by Gasteiger charge is -2.22. The van der Waals surface area contributed by atoms with Crippen LogP contribution in [0.1, 0.15) is 36.2 Å². The number of benzene rings is 2. The summed E-state index contributed by atoms with van der Waals surface area (Å²) in [6, 6.07) is 4.82. The zero-order valence-electron chi connectivity index (χ0n) is 19.8. The lowest BCUT2D eigenvalue weighted by Crippen LogP contribution is -2.27. The molecule has 0 saturated carbocycles. The number of carbonyl (C=O) groups is 2. The van der Waals surface area contributed by atoms with E-state index in [1.165, 1.54) is 29.8 Å². The first-order valence-corrected chi connectivity index (χ1v) is 11.4. The number of aromatic nitrogens is 1. The lowest BCUT2D eigenvalue weighted by molar-refractivity contribution is -0.142. The highest BCUT2D eigenvalue weighted by atomic mass is 19.1. The topological polar surface area (TPSA) is 130 Å². The Morgan fingerprint density at radius 2 is 1.86 bits per heavy atom. The normalized spacial score (nSPS) is 15.4. The van der Waals surface area contributed by atoms with Gasteiger partial charge in [-0.1, -0.05) is 0 Å². The number of carbonyl (C=O) groups excluding carboxylic acids is 2. The van der Waals surface area contributed by atoms with Gasteiger partial charge in [0.2, 0.25) is 5.43 Å². The summed E-state index contributed by atoms with van der Waals surface area (Å²) >= 11 is 0. The van der Waals surface area contributed by atoms with E-state index in [0.29, 0.717) is 19.5 Å². The second kappa shape index (κ2) is 9.94. The second-order valence-electron chi connectivity index (χ2n) is 8.56. The van der Waals surface area contributed by atoms with Gasteiger partial charge in [0, 0.05) is 43.2 Å². The molecule has 3 aromatic rings. The largest absolute Gasteiger partial charge is 0.462 e. The summed E-state index contributed by atoms with van der Waals surface area (Å²) in [7, 11) is 0. The molecule has 9 nitrogen and oxygen atoms in total. The number of hydrogen-bond acceptors (Lipinski definition) is 8. The van der Waals surface area contributed by atoms with Gasteiger partial charge >= 0.3 is 11.9 Å². The third kappa shape index (κ3) is 4.74. The summed E-state index contributed by atoms with van der Waals surface area (Å²) in [6.07, 6.45) is 1.91. The molecule has 1 saturated heterocycles. The Morgan fingerprint density at radius 1 is 1.11 bits per heavy atom. The van der Waals surface area contributed by atoms with E-state index in [1.54, 1.807) is 11.8 Å². The van der Waals surface area contributed by atoms with Gasteiger partial charge in [-0.25, -0.2) is 13.6 Å². The van der Waals surface area contributed by atoms with Gasteiger partial charge in [-0.05, 0) is 37.6 Å². The standard InChI is InChI=1S/C25H26F2N4O5/c1-3-35-25(34)17-11-31(21-8-20(29)18(26)6-14(21)12-36-13(2)32)22-9-23(30-5-4-15(28)10-30)19(27)7-16(22)24(17)33/h6-9,11,15H,3-5,10,12,28-29H2,1-2H3. The molecule has 1 fully saturated rings. The first-order valence-electron chi connectivity index (χ1n) is 11.4. The van der Waals surface area contributed by atoms with Gasteiger partial charge in [-0.3, -0.25) is 9.59 Å². The first-order chi connectivity index (χ1) is 17.1. The molecule has 1 aliphatic rings. The third-order valence-electron chi connectivity index (χ3n) is 6.02. The van der Waals surface area contributed by atoms with Crippen LogP contribution in [0.2, 0.25) is 0 Å². The predicted molar refractivity (Wildman–Crippen MR) is 130 cm³/mol. The fourth-order valence-electron chi connectivity index (χ4n) is 4.27. The number of hydrogen-bond donors (Lipinski definition) is 2. The van der Waals surface area contributed by atoms with E-state index in [4.69, 9.17) is 20.9 Å². The van der Waals surface area contributed by atoms with Crippen LogP contribution in [0.15, 0.2) is 35.3 Å². The quantitative estimate of drug-likeness (QED) is 0.390. The molecule has 1 unspecified atom stereocenters. The van der Waals surface area contributed by atoms with Crippen molar-refractivity contribution < 1.29 is 27.8 Å². The Bertz CT molecular complexity index is 1420. The summed E-state index contributed by atoms with van der Waals surface area (Å²) in [5.41, 5.74) is 11.5. The number of nitrogen functional groups attached to an aromatic ring is 1. The number of pyridine rings is 1. The van der Waals surface area contributed by atoms with Crippen molar-refractivity contribution >= 4 is 34.2 Å². The fraction of sp³-hybridized carbons (Fsp3) is 0.320. The molecule has 4 N–H and O–H groups in total. The summed E-state index contributed by atoms with van der Waals surface area (Å²) in [6.45, 7) is 3.45. The van der Waals surface area contributed by atoms with Crippen molar-refractivity contribution in [1.29, 1.82) is 0 Å². The Balaban J connectivity index is 2.04. The third-order valence-corrected chi connectivity index (χ3v) is 6.02. The Hall–Kier alpha value is -3.99. The van der Waals surface area contributed by atoms with E-state index >= 15 is 4.39 Å². The number of rotatable bonds is 6.